The summed E-state index contributed by atoms with van der Waals surface area (Å²) < 4.78 is 53.2. The summed E-state index contributed by atoms with van der Waals surface area (Å²) in [6, 6.07) is 88.9. The number of hydrogen-bond donors (Lipinski definition) is 5. The summed E-state index contributed by atoms with van der Waals surface area (Å²) in [5, 5.41) is 48.9. The molecule has 690 valence electrons. The average Bonchev–Trinajstić information content (AvgIpc) is 0.734. The Morgan fingerprint density at radius 3 is 1.00 bits per heavy atom. The van der Waals surface area contributed by atoms with Crippen LogP contribution >= 0.6 is 0 Å². The van der Waals surface area contributed by atoms with Crippen LogP contribution in [0, 0.1) is 0 Å². The number of rotatable bonds is 26. The quantitative estimate of drug-likeness (QED) is 0.0337. The van der Waals surface area contributed by atoms with Crippen LogP contribution in [0.5, 0.6) is 40.2 Å². The summed E-state index contributed by atoms with van der Waals surface area (Å²) in [5.41, 5.74) is 14.4. The van der Waals surface area contributed by atoms with Crippen molar-refractivity contribution in [1.29, 1.82) is 0 Å². The molecule has 0 aliphatic carbocycles. The van der Waals surface area contributed by atoms with E-state index in [1.165, 1.54) is 5.56 Å². The van der Waals surface area contributed by atoms with Gasteiger partial charge in [-0.1, -0.05) is 207 Å². The van der Waals surface area contributed by atoms with Gasteiger partial charge in [-0.3, -0.25) is 4.79 Å². The first-order chi connectivity index (χ1) is 62.9. The number of benzene rings is 12. The molecular weight excluding hydrogens is 1660 g/mol. The maximum atomic E-state index is 12.5. The van der Waals surface area contributed by atoms with Crippen LogP contribution in [0.25, 0.3) is 55.6 Å². The molecule has 3 aliphatic heterocycles. The van der Waals surface area contributed by atoms with E-state index in [1.807, 2.05) is 358 Å². The van der Waals surface area contributed by atoms with Crippen molar-refractivity contribution in [3.63, 3.8) is 0 Å². The monoisotopic (exact) mass is 1790 g/mol. The summed E-state index contributed by atoms with van der Waals surface area (Å²) in [6.07, 6.45) is 3.02. The van der Waals surface area contributed by atoms with Gasteiger partial charge in [0.25, 0.3) is 0 Å². The van der Waals surface area contributed by atoms with Gasteiger partial charge in [-0.05, 0) is 302 Å². The minimum absolute atomic E-state index is 0.429. The highest BCUT2D eigenvalue weighted by atomic mass is 16.6. The molecular formula is C112H123NO19. The Morgan fingerprint density at radius 1 is 0.318 bits per heavy atom. The van der Waals surface area contributed by atoms with Gasteiger partial charge in [-0.15, -0.1) is 0 Å². The Labute approximate surface area is 775 Å². The Hall–Kier alpha value is -13.4. The zero-order valence-electron chi connectivity index (χ0n) is 78.1. The molecule has 0 fully saturated rings. The van der Waals surface area contributed by atoms with Crippen LogP contribution in [0.2, 0.25) is 0 Å². The minimum atomic E-state index is -1.15. The number of ether oxygens (including phenoxy) is 9. The molecule has 5 N–H and O–H groups in total. The van der Waals surface area contributed by atoms with E-state index in [0.29, 0.717) is 58.3 Å². The fourth-order valence-corrected chi connectivity index (χ4v) is 15.8. The summed E-state index contributed by atoms with van der Waals surface area (Å²) >= 11 is 0. The SMILES string of the molecule is CC(C)(C)OC(C(=O)O)c1ccc(Oc2ccccc2)cc1-c1ccc2c(c1)CCCO2.CC(C)(C)OC(C(=O)O)c1ccccc1-c1ccc2c(c1)CCCO2.CC(C)(C)OC(C(=O)O)c1ccccc1-c1ccccc1.CCCC(C(=O)O)c1ccccc1-c1ccccc1.CN(C)c1cc(C(OC(C)(C)C)C(=O)O)c(-c2ccc3c(c2)CCCO3)cc1Oc1ccccc1. The minimum Gasteiger partial charge on any atom is -0.493 e. The highest BCUT2D eigenvalue weighted by Crippen LogP contribution is 2.46. The molecule has 20 heteroatoms. The molecule has 15 rings (SSSR count). The van der Waals surface area contributed by atoms with Crippen LogP contribution in [-0.2, 0) is 62.2 Å². The Balaban J connectivity index is 0.000000162. The van der Waals surface area contributed by atoms with Crippen molar-refractivity contribution in [2.75, 3.05) is 38.8 Å². The molecule has 12 aromatic carbocycles. The molecule has 3 aliphatic rings. The number of carboxylic acid groups (broad SMARTS) is 5. The van der Waals surface area contributed by atoms with Crippen LogP contribution in [-0.4, -0.2) is 112 Å². The van der Waals surface area contributed by atoms with Crippen LogP contribution < -0.4 is 28.6 Å². The molecule has 0 saturated heterocycles. The van der Waals surface area contributed by atoms with Gasteiger partial charge in [0, 0.05) is 25.2 Å². The molecule has 132 heavy (non-hydrogen) atoms. The Kier molecular flexibility index (Phi) is 34.2. The lowest BCUT2D eigenvalue weighted by atomic mass is 9.88. The fraction of sp³-hybridized carbons (Fsp3) is 0.312. The van der Waals surface area contributed by atoms with Crippen molar-refractivity contribution in [1.82, 2.24) is 0 Å². The van der Waals surface area contributed by atoms with E-state index in [1.54, 1.807) is 12.1 Å². The number of para-hydroxylation sites is 2. The normalized spacial score (nSPS) is 13.8. The smallest absolute Gasteiger partial charge is 0.337 e. The molecule has 5 unspecified atom stereocenters. The maximum Gasteiger partial charge on any atom is 0.337 e. The number of anilines is 1. The van der Waals surface area contributed by atoms with Crippen molar-refractivity contribution < 1.29 is 92.1 Å². The molecule has 20 nitrogen and oxygen atoms in total. The molecule has 0 spiro atoms. The first-order valence-corrected chi connectivity index (χ1v) is 44.9. The van der Waals surface area contributed by atoms with Crippen molar-refractivity contribution in [2.24, 2.45) is 0 Å². The van der Waals surface area contributed by atoms with Gasteiger partial charge in [0.2, 0.25) is 0 Å². The van der Waals surface area contributed by atoms with Gasteiger partial charge in [0.1, 0.15) is 34.5 Å². The number of aryl methyl sites for hydroxylation is 3. The second-order valence-corrected chi connectivity index (χ2v) is 36.7. The number of carbonyl (C=O) groups is 5. The molecule has 0 bridgehead atoms. The van der Waals surface area contributed by atoms with Gasteiger partial charge in [-0.25, -0.2) is 19.2 Å². The number of aliphatic carboxylic acids is 5. The maximum absolute atomic E-state index is 12.5. The number of fused-ring (bicyclic) bond motifs is 3. The molecule has 12 aromatic rings. The van der Waals surface area contributed by atoms with Gasteiger partial charge < -0.3 is 73.1 Å². The summed E-state index contributed by atoms with van der Waals surface area (Å²) in [6.45, 7) is 26.5. The predicted molar refractivity (Wildman–Crippen MR) is 518 cm³/mol. The van der Waals surface area contributed by atoms with E-state index in [-0.39, 0.29) is 0 Å². The molecule has 0 saturated carbocycles. The lowest BCUT2D eigenvalue weighted by molar-refractivity contribution is -0.161. The van der Waals surface area contributed by atoms with Crippen molar-refractivity contribution in [2.45, 2.75) is 194 Å². The third-order valence-corrected chi connectivity index (χ3v) is 21.5. The summed E-state index contributed by atoms with van der Waals surface area (Å²) in [4.78, 5) is 61.5. The van der Waals surface area contributed by atoms with Crippen molar-refractivity contribution >= 4 is 35.5 Å². The van der Waals surface area contributed by atoms with Gasteiger partial charge >= 0.3 is 29.8 Å². The predicted octanol–water partition coefficient (Wildman–Crippen LogP) is 26.1. The highest BCUT2D eigenvalue weighted by molar-refractivity contribution is 5.86. The largest absolute Gasteiger partial charge is 0.493 e. The van der Waals surface area contributed by atoms with Crippen molar-refractivity contribution in [3.05, 3.63) is 324 Å². The Morgan fingerprint density at radius 2 is 0.636 bits per heavy atom. The van der Waals surface area contributed by atoms with Crippen LogP contribution in [0.1, 0.15) is 197 Å². The van der Waals surface area contributed by atoms with Crippen LogP contribution in [0.3, 0.4) is 0 Å². The molecule has 0 radical (unpaired) electrons. The number of carboxylic acids is 5. The standard InChI is InChI=1S/C29H33NO5.C27H28O5.C21H24O4.C18H20O3.C17H18O2/c1-29(2,3)35-27(28(31)32)23-17-24(30(4)5)26(34-21-11-7-6-8-12-21)18-22(23)19-13-14-25-20(16-19)10-9-15-33-25;1-27(2,3)32-25(26(28)29)22-13-12-21(31-20-9-5-4-6-10-20)17-23(22)18-11-14-24-19(16-18)8-7-15-30-24;1-21(2,3)25-19(20(22)23)17-9-5-4-8-16(17)14-10-11-18-15(13-14)7-6-12-24-18;1-18(2,3)21-16(17(19)20)15-12-8-7-11-14(15)13-9-5-4-6-10-13;1-2-8-16(17(18)19)15-12-7-6-11-14(15)13-9-4-3-5-10-13/h6-8,11-14,16-18,27H,9-10,15H2,1-5H3,(H,31,32);4-6,9-14,16-17,25H,7-8,15H2,1-3H3,(H,28,29);4-5,8-11,13,19H,6-7,12H2,1-3H3,(H,22,23);4-12,16H,1-3H3,(H,19,20);3-7,9-12,16H,2,8H2,1H3,(H,18,19). The Bertz CT molecular complexity index is 5870. The van der Waals surface area contributed by atoms with E-state index in [4.69, 9.17) is 42.6 Å². The third-order valence-electron chi connectivity index (χ3n) is 21.5. The van der Waals surface area contributed by atoms with E-state index in [2.05, 4.69) is 18.2 Å². The topological polar surface area (TPSA) is 273 Å². The summed E-state index contributed by atoms with van der Waals surface area (Å²) in [7, 11) is 3.82. The van der Waals surface area contributed by atoms with E-state index >= 15 is 0 Å². The number of nitrogens with zero attached hydrogens (tertiary/aromatic N) is 1. The molecule has 3 heterocycles. The van der Waals surface area contributed by atoms with E-state index < -0.39 is 82.6 Å². The van der Waals surface area contributed by atoms with Gasteiger partial charge in [0.15, 0.2) is 30.2 Å². The number of hydrogen-bond acceptors (Lipinski definition) is 15. The second kappa shape index (κ2) is 45.5. The van der Waals surface area contributed by atoms with Crippen molar-refractivity contribution in [3.8, 4) is 95.9 Å². The molecule has 0 aromatic heterocycles. The van der Waals surface area contributed by atoms with E-state index in [0.717, 1.165) is 153 Å². The van der Waals surface area contributed by atoms with Gasteiger partial charge in [0.05, 0.1) is 53.8 Å². The average molecular weight is 1790 g/mol. The zero-order chi connectivity index (χ0) is 95.0. The zero-order valence-corrected chi connectivity index (χ0v) is 78.1. The highest BCUT2D eigenvalue weighted by Gasteiger charge is 2.36. The second-order valence-electron chi connectivity index (χ2n) is 36.7. The fourth-order valence-electron chi connectivity index (χ4n) is 15.8. The van der Waals surface area contributed by atoms with E-state index in [9.17, 15) is 49.5 Å². The molecule has 5 atom stereocenters. The molecule has 0 amide bonds. The van der Waals surface area contributed by atoms with Crippen LogP contribution in [0.4, 0.5) is 5.69 Å². The third kappa shape index (κ3) is 28.1. The lowest BCUT2D eigenvalue weighted by Crippen LogP contribution is -2.28. The van der Waals surface area contributed by atoms with Gasteiger partial charge in [-0.2, -0.15) is 0 Å². The lowest BCUT2D eigenvalue weighted by Gasteiger charge is -2.29. The van der Waals surface area contributed by atoms with Crippen LogP contribution in [0.15, 0.2) is 279 Å². The first-order valence-electron chi connectivity index (χ1n) is 44.9. The summed E-state index contributed by atoms with van der Waals surface area (Å²) in [5.74, 6) is 0.170. The first kappa shape index (κ1) is 99.2.